The van der Waals surface area contributed by atoms with E-state index in [0.717, 1.165) is 0 Å². The molecule has 102 valence electrons. The van der Waals surface area contributed by atoms with Crippen molar-refractivity contribution in [2.45, 2.75) is 32.9 Å². The van der Waals surface area contributed by atoms with Gasteiger partial charge in [-0.2, -0.15) is 13.2 Å². The Hall–Kier alpha value is -1.00. The van der Waals surface area contributed by atoms with Crippen molar-refractivity contribution < 1.29 is 23.1 Å². The molecule has 5 heteroatoms. The molecule has 0 aromatic rings. The Balaban J connectivity index is 2.39. The molecule has 0 aromatic heterocycles. The lowest BCUT2D eigenvalue weighted by atomic mass is 9.69. The molecule has 4 atom stereocenters. The molecule has 1 saturated carbocycles. The third-order valence-corrected chi connectivity index (χ3v) is 4.16. The number of halogens is 3. The first kappa shape index (κ1) is 13.4. The van der Waals surface area contributed by atoms with Gasteiger partial charge in [-0.05, 0) is 24.7 Å². The second-order valence-corrected chi connectivity index (χ2v) is 5.94. The minimum atomic E-state index is -4.43. The highest BCUT2D eigenvalue weighted by molar-refractivity contribution is 5.73. The maximum atomic E-state index is 13.0. The van der Waals surface area contributed by atoms with Crippen LogP contribution in [0.25, 0.3) is 0 Å². The van der Waals surface area contributed by atoms with Crippen LogP contribution in [0.15, 0.2) is 12.2 Å². The van der Waals surface area contributed by atoms with E-state index < -0.39 is 35.3 Å². The molecule has 0 spiro atoms. The van der Waals surface area contributed by atoms with E-state index in [-0.39, 0.29) is 5.92 Å². The van der Waals surface area contributed by atoms with E-state index in [1.807, 2.05) is 13.8 Å². The number of carbonyl (C=O) groups is 1. The molecule has 4 unspecified atom stereocenters. The van der Waals surface area contributed by atoms with Gasteiger partial charge in [0.1, 0.15) is 0 Å². The molecule has 0 aromatic carbocycles. The van der Waals surface area contributed by atoms with Crippen LogP contribution in [0.5, 0.6) is 0 Å². The fourth-order valence-corrected chi connectivity index (χ4v) is 3.84. The van der Waals surface area contributed by atoms with Crippen LogP contribution in [0.4, 0.5) is 13.2 Å². The first-order valence-electron chi connectivity index (χ1n) is 6.16. The topological polar surface area (TPSA) is 37.3 Å². The second kappa shape index (κ2) is 4.00. The van der Waals surface area contributed by atoms with Crippen molar-refractivity contribution in [1.29, 1.82) is 0 Å². The summed E-state index contributed by atoms with van der Waals surface area (Å²) in [5.74, 6) is -4.84. The highest BCUT2D eigenvalue weighted by atomic mass is 19.4. The summed E-state index contributed by atoms with van der Waals surface area (Å²) < 4.78 is 39.1. The number of carboxylic acid groups (broad SMARTS) is 1. The first-order chi connectivity index (χ1) is 8.17. The van der Waals surface area contributed by atoms with Crippen LogP contribution in [-0.4, -0.2) is 17.3 Å². The van der Waals surface area contributed by atoms with Crippen molar-refractivity contribution in [3.05, 3.63) is 12.2 Å². The van der Waals surface area contributed by atoms with E-state index in [2.05, 4.69) is 0 Å². The van der Waals surface area contributed by atoms with Crippen LogP contribution in [0.2, 0.25) is 0 Å². The molecule has 0 aliphatic heterocycles. The molecule has 2 aliphatic carbocycles. The van der Waals surface area contributed by atoms with Crippen LogP contribution >= 0.6 is 0 Å². The summed E-state index contributed by atoms with van der Waals surface area (Å²) in [6.07, 6.45) is -0.314. The van der Waals surface area contributed by atoms with Gasteiger partial charge in [0.25, 0.3) is 0 Å². The van der Waals surface area contributed by atoms with E-state index in [9.17, 15) is 23.1 Å². The Bertz CT molecular complexity index is 386. The summed E-state index contributed by atoms with van der Waals surface area (Å²) in [6.45, 7) is 3.82. The second-order valence-electron chi connectivity index (χ2n) is 5.94. The SMILES string of the molecule is CC(C)CC12C=CC(C1)C(C(F)(F)F)C2C(=O)O. The molecule has 2 rings (SSSR count). The first-order valence-corrected chi connectivity index (χ1v) is 6.16. The standard InChI is InChI=1S/C13H17F3O2/c1-7(2)5-12-4-3-8(6-12)9(13(14,15)16)10(12)11(17)18/h3-4,7-10H,5-6H2,1-2H3,(H,17,18). The van der Waals surface area contributed by atoms with Gasteiger partial charge in [0, 0.05) is 5.41 Å². The van der Waals surface area contributed by atoms with Gasteiger partial charge in [0.15, 0.2) is 0 Å². The lowest BCUT2D eigenvalue weighted by Crippen LogP contribution is -2.42. The Morgan fingerprint density at radius 2 is 2.11 bits per heavy atom. The lowest BCUT2D eigenvalue weighted by Gasteiger charge is -2.35. The third-order valence-electron chi connectivity index (χ3n) is 4.16. The Morgan fingerprint density at radius 1 is 1.50 bits per heavy atom. The van der Waals surface area contributed by atoms with Crippen LogP contribution in [-0.2, 0) is 4.79 Å². The van der Waals surface area contributed by atoms with E-state index in [4.69, 9.17) is 0 Å². The number of alkyl halides is 3. The summed E-state index contributed by atoms with van der Waals surface area (Å²) in [5, 5.41) is 9.21. The molecule has 0 radical (unpaired) electrons. The molecule has 18 heavy (non-hydrogen) atoms. The lowest BCUT2D eigenvalue weighted by molar-refractivity contribution is -0.202. The van der Waals surface area contributed by atoms with Gasteiger partial charge < -0.3 is 5.11 Å². The number of aliphatic carboxylic acids is 1. The molecule has 0 heterocycles. The Morgan fingerprint density at radius 3 is 2.56 bits per heavy atom. The summed E-state index contributed by atoms with van der Waals surface area (Å²) in [4.78, 5) is 11.3. The van der Waals surface area contributed by atoms with E-state index in [1.165, 1.54) is 0 Å². The van der Waals surface area contributed by atoms with E-state index in [1.54, 1.807) is 12.2 Å². The summed E-state index contributed by atoms with van der Waals surface area (Å²) >= 11 is 0. The zero-order chi connectivity index (χ0) is 13.7. The molecule has 2 bridgehead atoms. The van der Waals surface area contributed by atoms with Crippen molar-refractivity contribution in [2.24, 2.45) is 29.1 Å². The largest absolute Gasteiger partial charge is 0.481 e. The van der Waals surface area contributed by atoms with Crippen LogP contribution in [0.1, 0.15) is 26.7 Å². The monoisotopic (exact) mass is 262 g/mol. The van der Waals surface area contributed by atoms with Gasteiger partial charge in [-0.15, -0.1) is 0 Å². The normalized spacial score (nSPS) is 38.7. The fraction of sp³-hybridized carbons (Fsp3) is 0.769. The number of allylic oxidation sites excluding steroid dienone is 2. The number of rotatable bonds is 3. The molecule has 0 amide bonds. The number of fused-ring (bicyclic) bond motifs is 2. The van der Waals surface area contributed by atoms with Crippen molar-refractivity contribution in [2.75, 3.05) is 0 Å². The maximum absolute atomic E-state index is 13.0. The smallest absolute Gasteiger partial charge is 0.393 e. The zero-order valence-corrected chi connectivity index (χ0v) is 10.4. The van der Waals surface area contributed by atoms with Gasteiger partial charge in [-0.25, -0.2) is 0 Å². The number of hydrogen-bond donors (Lipinski definition) is 1. The maximum Gasteiger partial charge on any atom is 0.393 e. The quantitative estimate of drug-likeness (QED) is 0.790. The number of carboxylic acids is 1. The molecule has 2 nitrogen and oxygen atoms in total. The number of hydrogen-bond acceptors (Lipinski definition) is 1. The highest BCUT2D eigenvalue weighted by Crippen LogP contribution is 2.63. The minimum absolute atomic E-state index is 0.183. The molecule has 2 aliphatic rings. The summed E-state index contributed by atoms with van der Waals surface area (Å²) in [6, 6.07) is 0. The third kappa shape index (κ3) is 1.93. The van der Waals surface area contributed by atoms with Gasteiger partial charge in [0.05, 0.1) is 11.8 Å². The van der Waals surface area contributed by atoms with E-state index in [0.29, 0.717) is 12.8 Å². The summed E-state index contributed by atoms with van der Waals surface area (Å²) in [5.41, 5.74) is -0.801. The van der Waals surface area contributed by atoms with E-state index >= 15 is 0 Å². The predicted molar refractivity (Wildman–Crippen MR) is 59.8 cm³/mol. The molecular weight excluding hydrogens is 245 g/mol. The predicted octanol–water partition coefficient (Wildman–Crippen LogP) is 3.49. The van der Waals surface area contributed by atoms with Gasteiger partial charge in [-0.3, -0.25) is 4.79 Å². The molecule has 0 saturated heterocycles. The van der Waals surface area contributed by atoms with Crippen molar-refractivity contribution >= 4 is 5.97 Å². The van der Waals surface area contributed by atoms with Crippen LogP contribution in [0.3, 0.4) is 0 Å². The van der Waals surface area contributed by atoms with Crippen molar-refractivity contribution in [3.63, 3.8) is 0 Å². The van der Waals surface area contributed by atoms with Crippen molar-refractivity contribution in [1.82, 2.24) is 0 Å². The Kier molecular flexibility index (Phi) is 2.98. The average molecular weight is 262 g/mol. The highest BCUT2D eigenvalue weighted by Gasteiger charge is 2.65. The molecular formula is C13H17F3O2. The molecule has 1 N–H and O–H groups in total. The fourth-order valence-electron chi connectivity index (χ4n) is 3.84. The van der Waals surface area contributed by atoms with Gasteiger partial charge in [-0.1, -0.05) is 26.0 Å². The van der Waals surface area contributed by atoms with Crippen molar-refractivity contribution in [3.8, 4) is 0 Å². The van der Waals surface area contributed by atoms with Gasteiger partial charge >= 0.3 is 12.1 Å². The Labute approximate surface area is 104 Å². The molecule has 1 fully saturated rings. The van der Waals surface area contributed by atoms with Crippen LogP contribution < -0.4 is 0 Å². The summed E-state index contributed by atoms with van der Waals surface area (Å²) in [7, 11) is 0. The zero-order valence-electron chi connectivity index (χ0n) is 10.4. The average Bonchev–Trinajstić information content (AvgIpc) is 2.68. The minimum Gasteiger partial charge on any atom is -0.481 e. The van der Waals surface area contributed by atoms with Gasteiger partial charge in [0.2, 0.25) is 0 Å². The van der Waals surface area contributed by atoms with Crippen LogP contribution in [0, 0.1) is 29.1 Å².